The number of aliphatic hydroxyl groups excluding tert-OH is 1. The van der Waals surface area contributed by atoms with Gasteiger partial charge in [-0.3, -0.25) is 4.79 Å². The molecule has 2 rings (SSSR count). The second-order valence-corrected chi connectivity index (χ2v) is 5.26. The Balaban J connectivity index is 1.83. The summed E-state index contributed by atoms with van der Waals surface area (Å²) >= 11 is 0. The van der Waals surface area contributed by atoms with Crippen molar-refractivity contribution in [3.63, 3.8) is 0 Å². The van der Waals surface area contributed by atoms with Crippen molar-refractivity contribution in [3.8, 4) is 0 Å². The van der Waals surface area contributed by atoms with Crippen LogP contribution in [0.5, 0.6) is 0 Å². The van der Waals surface area contributed by atoms with Gasteiger partial charge >= 0.3 is 0 Å². The highest BCUT2D eigenvalue weighted by Crippen LogP contribution is 2.18. The summed E-state index contributed by atoms with van der Waals surface area (Å²) in [5.41, 5.74) is 3.27. The number of amides is 1. The Morgan fingerprint density at radius 1 is 1.25 bits per heavy atom. The Morgan fingerprint density at radius 2 is 2.10 bits per heavy atom. The second-order valence-electron chi connectivity index (χ2n) is 5.26. The van der Waals surface area contributed by atoms with Crippen molar-refractivity contribution < 1.29 is 9.90 Å². The summed E-state index contributed by atoms with van der Waals surface area (Å²) in [4.78, 5) is 12.2. The molecule has 0 saturated heterocycles. The summed E-state index contributed by atoms with van der Waals surface area (Å²) < 4.78 is 0. The average Bonchev–Trinajstić information content (AvgIpc) is 2.50. The third-order valence-electron chi connectivity index (χ3n) is 3.76. The van der Waals surface area contributed by atoms with Crippen molar-refractivity contribution in [2.75, 3.05) is 19.7 Å². The lowest BCUT2D eigenvalue weighted by Crippen LogP contribution is -2.29. The Labute approximate surface area is 120 Å². The summed E-state index contributed by atoms with van der Waals surface area (Å²) in [7, 11) is 0. The molecule has 1 aromatic carbocycles. The highest BCUT2D eigenvalue weighted by molar-refractivity contribution is 5.96. The van der Waals surface area contributed by atoms with E-state index < -0.39 is 0 Å². The van der Waals surface area contributed by atoms with Crippen LogP contribution >= 0.6 is 0 Å². The first-order valence-electron chi connectivity index (χ1n) is 7.53. The minimum absolute atomic E-state index is 0.0471. The van der Waals surface area contributed by atoms with Crippen LogP contribution in [0.15, 0.2) is 18.2 Å². The molecule has 1 aromatic rings. The molecular weight excluding hydrogens is 252 g/mol. The maximum Gasteiger partial charge on any atom is 0.251 e. The summed E-state index contributed by atoms with van der Waals surface area (Å²) in [5, 5.41) is 15.0. The molecule has 0 aromatic heterocycles. The molecule has 0 bridgehead atoms. The lowest BCUT2D eigenvalue weighted by molar-refractivity contribution is 0.0951. The smallest absolute Gasteiger partial charge is 0.251 e. The van der Waals surface area contributed by atoms with Crippen molar-refractivity contribution in [2.24, 2.45) is 0 Å². The van der Waals surface area contributed by atoms with Gasteiger partial charge in [0.2, 0.25) is 0 Å². The van der Waals surface area contributed by atoms with Gasteiger partial charge in [0.05, 0.1) is 0 Å². The lowest BCUT2D eigenvalue weighted by Gasteiger charge is -2.19. The van der Waals surface area contributed by atoms with E-state index in [4.69, 9.17) is 5.11 Å². The number of hydrogen-bond acceptors (Lipinski definition) is 3. The largest absolute Gasteiger partial charge is 0.396 e. The first-order chi connectivity index (χ1) is 9.83. The molecule has 110 valence electrons. The summed E-state index contributed by atoms with van der Waals surface area (Å²) in [5.74, 6) is 0.0471. The van der Waals surface area contributed by atoms with E-state index in [-0.39, 0.29) is 12.5 Å². The van der Waals surface area contributed by atoms with E-state index in [1.165, 1.54) is 11.1 Å². The van der Waals surface area contributed by atoms with Gasteiger partial charge in [0, 0.05) is 25.3 Å². The van der Waals surface area contributed by atoms with Gasteiger partial charge in [0.15, 0.2) is 0 Å². The van der Waals surface area contributed by atoms with Crippen LogP contribution in [0.4, 0.5) is 0 Å². The first kappa shape index (κ1) is 15.0. The van der Waals surface area contributed by atoms with Crippen molar-refractivity contribution >= 4 is 5.91 Å². The molecule has 0 aliphatic carbocycles. The van der Waals surface area contributed by atoms with Crippen LogP contribution in [0.1, 0.15) is 47.2 Å². The maximum atomic E-state index is 12.2. The van der Waals surface area contributed by atoms with E-state index in [2.05, 4.69) is 16.7 Å². The lowest BCUT2D eigenvalue weighted by atomic mass is 9.95. The number of benzene rings is 1. The van der Waals surface area contributed by atoms with E-state index in [0.29, 0.717) is 6.54 Å². The standard InChI is InChI=1S/C16H24N2O2/c19-11-4-2-1-3-9-18-16(20)15-7-5-6-13-12-17-10-8-14(13)15/h5-7,17,19H,1-4,8-12H2,(H,18,20). The van der Waals surface area contributed by atoms with Crippen LogP contribution in [-0.2, 0) is 13.0 Å². The zero-order chi connectivity index (χ0) is 14.2. The molecule has 0 saturated carbocycles. The fourth-order valence-corrected chi connectivity index (χ4v) is 2.63. The molecule has 0 radical (unpaired) electrons. The van der Waals surface area contributed by atoms with Crippen molar-refractivity contribution in [1.82, 2.24) is 10.6 Å². The fourth-order valence-electron chi connectivity index (χ4n) is 2.63. The Bertz CT molecular complexity index is 446. The van der Waals surface area contributed by atoms with Crippen LogP contribution < -0.4 is 10.6 Å². The van der Waals surface area contributed by atoms with Crippen LogP contribution in [0.3, 0.4) is 0 Å². The zero-order valence-electron chi connectivity index (χ0n) is 12.0. The van der Waals surface area contributed by atoms with Gasteiger partial charge in [-0.05, 0) is 43.0 Å². The molecule has 0 unspecified atom stereocenters. The normalized spacial score (nSPS) is 13.8. The summed E-state index contributed by atoms with van der Waals surface area (Å²) in [6.45, 7) is 2.78. The zero-order valence-corrected chi connectivity index (χ0v) is 12.0. The van der Waals surface area contributed by atoms with Crippen LogP contribution in [0.2, 0.25) is 0 Å². The van der Waals surface area contributed by atoms with Gasteiger partial charge in [-0.1, -0.05) is 25.0 Å². The maximum absolute atomic E-state index is 12.2. The second kappa shape index (κ2) is 8.02. The molecule has 0 spiro atoms. The highest BCUT2D eigenvalue weighted by Gasteiger charge is 2.16. The molecule has 1 heterocycles. The predicted molar refractivity (Wildman–Crippen MR) is 79.7 cm³/mol. The molecule has 20 heavy (non-hydrogen) atoms. The molecule has 4 heteroatoms. The number of nitrogens with one attached hydrogen (secondary N) is 2. The first-order valence-corrected chi connectivity index (χ1v) is 7.53. The van der Waals surface area contributed by atoms with Gasteiger partial charge in [-0.15, -0.1) is 0 Å². The minimum atomic E-state index is 0.0471. The minimum Gasteiger partial charge on any atom is -0.396 e. The molecule has 1 aliphatic rings. The SMILES string of the molecule is O=C(NCCCCCCO)c1cccc2c1CCNC2. The number of rotatable bonds is 7. The molecule has 0 atom stereocenters. The third-order valence-corrected chi connectivity index (χ3v) is 3.76. The van der Waals surface area contributed by atoms with E-state index in [1.54, 1.807) is 0 Å². The van der Waals surface area contributed by atoms with E-state index in [1.807, 2.05) is 12.1 Å². The predicted octanol–water partition coefficient (Wildman–Crippen LogP) is 1.61. The molecule has 1 aliphatic heterocycles. The molecule has 0 fully saturated rings. The summed E-state index contributed by atoms with van der Waals surface area (Å²) in [6.07, 6.45) is 4.83. The van der Waals surface area contributed by atoms with Gasteiger partial charge in [0.25, 0.3) is 5.91 Å². The number of carbonyl (C=O) groups is 1. The molecule has 1 amide bonds. The topological polar surface area (TPSA) is 61.4 Å². The Hall–Kier alpha value is -1.39. The average molecular weight is 276 g/mol. The van der Waals surface area contributed by atoms with E-state index in [9.17, 15) is 4.79 Å². The van der Waals surface area contributed by atoms with Crippen molar-refractivity contribution in [2.45, 2.75) is 38.6 Å². The molecule has 3 N–H and O–H groups in total. The Kier molecular flexibility index (Phi) is 6.02. The highest BCUT2D eigenvalue weighted by atomic mass is 16.2. The van der Waals surface area contributed by atoms with E-state index >= 15 is 0 Å². The monoisotopic (exact) mass is 276 g/mol. The fraction of sp³-hybridized carbons (Fsp3) is 0.562. The van der Waals surface area contributed by atoms with Crippen LogP contribution in [0, 0.1) is 0 Å². The number of carbonyl (C=O) groups excluding carboxylic acids is 1. The number of aliphatic hydroxyl groups is 1. The Morgan fingerprint density at radius 3 is 2.95 bits per heavy atom. The molecule has 4 nitrogen and oxygen atoms in total. The van der Waals surface area contributed by atoms with Crippen molar-refractivity contribution in [1.29, 1.82) is 0 Å². The number of unbranched alkanes of at least 4 members (excludes halogenated alkanes) is 3. The van der Waals surface area contributed by atoms with Gasteiger partial charge < -0.3 is 15.7 Å². The van der Waals surface area contributed by atoms with Gasteiger partial charge in [0.1, 0.15) is 0 Å². The van der Waals surface area contributed by atoms with E-state index in [0.717, 1.165) is 50.8 Å². The van der Waals surface area contributed by atoms with Crippen LogP contribution in [-0.4, -0.2) is 30.7 Å². The number of hydrogen-bond donors (Lipinski definition) is 3. The molecular formula is C16H24N2O2. The quantitative estimate of drug-likeness (QED) is 0.663. The summed E-state index contributed by atoms with van der Waals surface area (Å²) in [6, 6.07) is 5.97. The number of fused-ring (bicyclic) bond motifs is 1. The van der Waals surface area contributed by atoms with Gasteiger partial charge in [-0.2, -0.15) is 0 Å². The van der Waals surface area contributed by atoms with Gasteiger partial charge in [-0.25, -0.2) is 0 Å². The van der Waals surface area contributed by atoms with Crippen LogP contribution in [0.25, 0.3) is 0 Å². The van der Waals surface area contributed by atoms with Crippen molar-refractivity contribution in [3.05, 3.63) is 34.9 Å². The third kappa shape index (κ3) is 4.05.